The van der Waals surface area contributed by atoms with Gasteiger partial charge in [-0.25, -0.2) is 12.8 Å². The van der Waals surface area contributed by atoms with Crippen LogP contribution in [0.2, 0.25) is 0 Å². The van der Waals surface area contributed by atoms with E-state index in [9.17, 15) is 22.4 Å². The van der Waals surface area contributed by atoms with E-state index in [-0.39, 0.29) is 31.2 Å². The zero-order chi connectivity index (χ0) is 23.5. The van der Waals surface area contributed by atoms with Crippen molar-refractivity contribution in [2.75, 3.05) is 23.7 Å². The SMILES string of the molecule is CCc1cccc(N2C(=O)CN(S(=O)(=O)CC)C[C@@]2(C)C(=O)NCc2ccc(F)cc2)c1. The quantitative estimate of drug-likeness (QED) is 0.686. The fourth-order valence-corrected chi connectivity index (χ4v) is 4.96. The minimum absolute atomic E-state index is 0.117. The number of amides is 2. The summed E-state index contributed by atoms with van der Waals surface area (Å²) in [5, 5.41) is 2.79. The normalized spacial score (nSPS) is 19.8. The number of sulfonamides is 1. The van der Waals surface area contributed by atoms with Crippen LogP contribution in [0.25, 0.3) is 0 Å². The Morgan fingerprint density at radius 2 is 1.81 bits per heavy atom. The Bertz CT molecular complexity index is 1100. The van der Waals surface area contributed by atoms with Crippen molar-refractivity contribution in [2.24, 2.45) is 0 Å². The third kappa shape index (κ3) is 4.83. The molecule has 9 heteroatoms. The van der Waals surface area contributed by atoms with Gasteiger partial charge < -0.3 is 5.32 Å². The molecular weight excluding hydrogens is 433 g/mol. The maximum absolute atomic E-state index is 13.4. The Morgan fingerprint density at radius 3 is 2.44 bits per heavy atom. The first kappa shape index (κ1) is 23.9. The van der Waals surface area contributed by atoms with Gasteiger partial charge in [0, 0.05) is 18.8 Å². The molecule has 1 aliphatic rings. The number of nitrogens with one attached hydrogen (secondary N) is 1. The van der Waals surface area contributed by atoms with E-state index in [4.69, 9.17) is 0 Å². The summed E-state index contributed by atoms with van der Waals surface area (Å²) < 4.78 is 39.4. The first-order valence-electron chi connectivity index (χ1n) is 10.5. The van der Waals surface area contributed by atoms with Gasteiger partial charge in [-0.05, 0) is 55.7 Å². The number of rotatable bonds is 7. The molecule has 1 heterocycles. The third-order valence-electron chi connectivity index (χ3n) is 5.73. The molecule has 0 saturated carbocycles. The van der Waals surface area contributed by atoms with Crippen molar-refractivity contribution in [3.63, 3.8) is 0 Å². The topological polar surface area (TPSA) is 86.8 Å². The van der Waals surface area contributed by atoms with Crippen molar-refractivity contribution in [1.82, 2.24) is 9.62 Å². The highest BCUT2D eigenvalue weighted by atomic mass is 32.2. The standard InChI is InChI=1S/C23H28FN3O4S/c1-4-17-7-6-8-20(13-17)27-21(28)15-26(32(30,31)5-2)16-23(27,3)22(29)25-14-18-9-11-19(24)12-10-18/h6-13H,4-5,14-16H2,1-3H3,(H,25,29)/t23-/m0/s1. The Balaban J connectivity index is 1.97. The average Bonchev–Trinajstić information content (AvgIpc) is 2.78. The van der Waals surface area contributed by atoms with E-state index in [1.165, 1.54) is 24.0 Å². The summed E-state index contributed by atoms with van der Waals surface area (Å²) in [5.74, 6) is -1.51. The number of aryl methyl sites for hydroxylation is 1. The van der Waals surface area contributed by atoms with Crippen LogP contribution in [-0.2, 0) is 32.6 Å². The number of halogens is 1. The van der Waals surface area contributed by atoms with Gasteiger partial charge in [0.15, 0.2) is 0 Å². The molecule has 1 atom stereocenters. The molecule has 2 aromatic rings. The van der Waals surface area contributed by atoms with Crippen LogP contribution in [0.1, 0.15) is 31.9 Å². The molecule has 32 heavy (non-hydrogen) atoms. The highest BCUT2D eigenvalue weighted by Crippen LogP contribution is 2.31. The molecule has 3 rings (SSSR count). The number of benzene rings is 2. The van der Waals surface area contributed by atoms with Gasteiger partial charge >= 0.3 is 0 Å². The lowest BCUT2D eigenvalue weighted by Crippen LogP contribution is -2.70. The molecule has 7 nitrogen and oxygen atoms in total. The van der Waals surface area contributed by atoms with Gasteiger partial charge in [0.05, 0.1) is 12.3 Å². The van der Waals surface area contributed by atoms with E-state index in [1.54, 1.807) is 25.1 Å². The van der Waals surface area contributed by atoms with Crippen molar-refractivity contribution >= 4 is 27.5 Å². The Labute approximate surface area is 188 Å². The predicted molar refractivity (Wildman–Crippen MR) is 121 cm³/mol. The van der Waals surface area contributed by atoms with Crippen LogP contribution in [0.5, 0.6) is 0 Å². The number of hydrogen-bond acceptors (Lipinski definition) is 4. The van der Waals surface area contributed by atoms with Crippen LogP contribution >= 0.6 is 0 Å². The summed E-state index contributed by atoms with van der Waals surface area (Å²) in [6.07, 6.45) is 0.750. The molecule has 0 spiro atoms. The van der Waals surface area contributed by atoms with Crippen LogP contribution in [0.4, 0.5) is 10.1 Å². The highest BCUT2D eigenvalue weighted by molar-refractivity contribution is 7.89. The molecule has 2 aromatic carbocycles. The van der Waals surface area contributed by atoms with Crippen LogP contribution in [0.3, 0.4) is 0 Å². The van der Waals surface area contributed by atoms with Crippen LogP contribution < -0.4 is 10.2 Å². The number of carbonyl (C=O) groups is 2. The van der Waals surface area contributed by atoms with Crippen molar-refractivity contribution in [3.05, 3.63) is 65.5 Å². The molecule has 0 aliphatic carbocycles. The molecule has 1 saturated heterocycles. The Hall–Kier alpha value is -2.78. The van der Waals surface area contributed by atoms with E-state index >= 15 is 0 Å². The van der Waals surface area contributed by atoms with Crippen LogP contribution in [0, 0.1) is 5.82 Å². The second kappa shape index (κ2) is 9.38. The van der Waals surface area contributed by atoms with E-state index < -0.39 is 27.4 Å². The third-order valence-corrected chi connectivity index (χ3v) is 7.50. The van der Waals surface area contributed by atoms with Crippen molar-refractivity contribution in [2.45, 2.75) is 39.3 Å². The zero-order valence-electron chi connectivity index (χ0n) is 18.5. The van der Waals surface area contributed by atoms with Gasteiger partial charge in [-0.15, -0.1) is 0 Å². The molecule has 2 amide bonds. The second-order valence-corrected chi connectivity index (χ2v) is 10.3. The van der Waals surface area contributed by atoms with Gasteiger partial charge in [0.1, 0.15) is 11.4 Å². The van der Waals surface area contributed by atoms with E-state index in [1.807, 2.05) is 25.1 Å². The van der Waals surface area contributed by atoms with Gasteiger partial charge in [-0.2, -0.15) is 4.31 Å². The molecule has 0 aromatic heterocycles. The smallest absolute Gasteiger partial charge is 0.247 e. The maximum atomic E-state index is 13.4. The fourth-order valence-electron chi connectivity index (χ4n) is 3.84. The molecule has 0 unspecified atom stereocenters. The summed E-state index contributed by atoms with van der Waals surface area (Å²) in [4.78, 5) is 28.0. The van der Waals surface area contributed by atoms with Gasteiger partial charge in [0.25, 0.3) is 0 Å². The minimum Gasteiger partial charge on any atom is -0.350 e. The molecule has 172 valence electrons. The Morgan fingerprint density at radius 1 is 1.12 bits per heavy atom. The summed E-state index contributed by atoms with van der Waals surface area (Å²) in [6.45, 7) is 4.69. The van der Waals surface area contributed by atoms with Gasteiger partial charge in [-0.3, -0.25) is 14.5 Å². The molecule has 1 N–H and O–H groups in total. The lowest BCUT2D eigenvalue weighted by molar-refractivity contribution is -0.133. The van der Waals surface area contributed by atoms with Gasteiger partial charge in [0.2, 0.25) is 21.8 Å². The lowest BCUT2D eigenvalue weighted by atomic mass is 9.94. The monoisotopic (exact) mass is 461 g/mol. The van der Waals surface area contributed by atoms with E-state index in [0.29, 0.717) is 11.3 Å². The number of carbonyl (C=O) groups excluding carboxylic acids is 2. The fraction of sp³-hybridized carbons (Fsp3) is 0.391. The van der Waals surface area contributed by atoms with Crippen molar-refractivity contribution in [1.29, 1.82) is 0 Å². The number of nitrogens with zero attached hydrogens (tertiary/aromatic N) is 2. The van der Waals surface area contributed by atoms with E-state index in [2.05, 4.69) is 5.32 Å². The van der Waals surface area contributed by atoms with Crippen molar-refractivity contribution < 1.29 is 22.4 Å². The maximum Gasteiger partial charge on any atom is 0.247 e. The molecule has 1 fully saturated rings. The second-order valence-electron chi connectivity index (χ2n) is 8.00. The number of anilines is 1. The first-order chi connectivity index (χ1) is 15.1. The van der Waals surface area contributed by atoms with Crippen molar-refractivity contribution in [3.8, 4) is 0 Å². The zero-order valence-corrected chi connectivity index (χ0v) is 19.3. The number of hydrogen-bond donors (Lipinski definition) is 1. The van der Waals surface area contributed by atoms with Gasteiger partial charge in [-0.1, -0.05) is 31.2 Å². The van der Waals surface area contributed by atoms with Crippen LogP contribution in [0.15, 0.2) is 48.5 Å². The Kier molecular flexibility index (Phi) is 7.00. The molecule has 0 radical (unpaired) electrons. The first-order valence-corrected chi connectivity index (χ1v) is 12.1. The summed E-state index contributed by atoms with van der Waals surface area (Å²) >= 11 is 0. The predicted octanol–water partition coefficient (Wildman–Crippen LogP) is 2.46. The van der Waals surface area contributed by atoms with Crippen LogP contribution in [-0.4, -0.2) is 48.9 Å². The largest absolute Gasteiger partial charge is 0.350 e. The summed E-state index contributed by atoms with van der Waals surface area (Å²) in [6, 6.07) is 13.0. The molecule has 0 bridgehead atoms. The number of piperazine rings is 1. The lowest BCUT2D eigenvalue weighted by Gasteiger charge is -2.46. The average molecular weight is 462 g/mol. The molecular formula is C23H28FN3O4S. The molecule has 1 aliphatic heterocycles. The summed E-state index contributed by atoms with van der Waals surface area (Å²) in [7, 11) is -3.68. The summed E-state index contributed by atoms with van der Waals surface area (Å²) in [5.41, 5.74) is 0.752. The van der Waals surface area contributed by atoms with E-state index in [0.717, 1.165) is 16.3 Å². The highest BCUT2D eigenvalue weighted by Gasteiger charge is 2.50. The minimum atomic E-state index is -3.68.